The Labute approximate surface area is 148 Å². The fourth-order valence-corrected chi connectivity index (χ4v) is 3.28. The normalized spacial score (nSPS) is 15.4. The van der Waals surface area contributed by atoms with Crippen LogP contribution >= 0.6 is 0 Å². The van der Waals surface area contributed by atoms with Crippen LogP contribution < -0.4 is 10.1 Å². The molecule has 2 heterocycles. The molecule has 134 valence electrons. The maximum absolute atomic E-state index is 12.6. The second kappa shape index (κ2) is 8.16. The summed E-state index contributed by atoms with van der Waals surface area (Å²) in [4.78, 5) is 14.5. The molecule has 3 rings (SSSR count). The number of aromatic nitrogens is 2. The zero-order valence-corrected chi connectivity index (χ0v) is 14.9. The fourth-order valence-electron chi connectivity index (χ4n) is 3.28. The highest BCUT2D eigenvalue weighted by atomic mass is 16.5. The molecule has 1 aliphatic rings. The molecule has 1 fully saturated rings. The first-order chi connectivity index (χ1) is 12.2. The van der Waals surface area contributed by atoms with E-state index < -0.39 is 0 Å². The first-order valence-electron chi connectivity index (χ1n) is 8.76. The summed E-state index contributed by atoms with van der Waals surface area (Å²) in [5, 5.41) is 7.75. The predicted octanol–water partition coefficient (Wildman–Crippen LogP) is 1.75. The Morgan fingerprint density at radius 1 is 1.32 bits per heavy atom. The minimum absolute atomic E-state index is 0.176. The van der Waals surface area contributed by atoms with E-state index in [9.17, 15) is 4.79 Å². The van der Waals surface area contributed by atoms with E-state index in [4.69, 9.17) is 4.74 Å². The zero-order chi connectivity index (χ0) is 17.6. The van der Waals surface area contributed by atoms with Crippen LogP contribution in [0.5, 0.6) is 5.75 Å². The summed E-state index contributed by atoms with van der Waals surface area (Å²) in [5.74, 6) is 0.957. The topological polar surface area (TPSA) is 59.4 Å². The van der Waals surface area contributed by atoms with Crippen molar-refractivity contribution >= 4 is 5.91 Å². The maximum Gasteiger partial charge on any atom is 0.227 e. The minimum atomic E-state index is 0.176. The van der Waals surface area contributed by atoms with Gasteiger partial charge in [0.05, 0.1) is 19.7 Å². The van der Waals surface area contributed by atoms with Crippen molar-refractivity contribution in [3.63, 3.8) is 0 Å². The second-order valence-electron chi connectivity index (χ2n) is 6.55. The number of carbonyl (C=O) groups excluding carboxylic acids is 1. The second-order valence-corrected chi connectivity index (χ2v) is 6.55. The van der Waals surface area contributed by atoms with Gasteiger partial charge < -0.3 is 15.0 Å². The number of nitrogens with one attached hydrogen (secondary N) is 1. The summed E-state index contributed by atoms with van der Waals surface area (Å²) in [6.07, 6.45) is 6.28. The monoisotopic (exact) mass is 342 g/mol. The first-order valence-corrected chi connectivity index (χ1v) is 8.76. The van der Waals surface area contributed by atoms with Gasteiger partial charge in [0.1, 0.15) is 5.75 Å². The van der Waals surface area contributed by atoms with E-state index in [1.807, 2.05) is 53.3 Å². The van der Waals surface area contributed by atoms with Crippen LogP contribution in [0, 0.1) is 0 Å². The molecule has 0 radical (unpaired) electrons. The average molecular weight is 342 g/mol. The number of benzene rings is 1. The van der Waals surface area contributed by atoms with E-state index >= 15 is 0 Å². The third kappa shape index (κ3) is 4.60. The lowest BCUT2D eigenvalue weighted by molar-refractivity contribution is -0.131. The van der Waals surface area contributed by atoms with Gasteiger partial charge in [0.25, 0.3) is 0 Å². The van der Waals surface area contributed by atoms with Crippen molar-refractivity contribution < 1.29 is 9.53 Å². The van der Waals surface area contributed by atoms with E-state index in [1.165, 1.54) is 5.56 Å². The molecule has 25 heavy (non-hydrogen) atoms. The zero-order valence-electron chi connectivity index (χ0n) is 14.9. The molecule has 1 aromatic heterocycles. The van der Waals surface area contributed by atoms with E-state index in [0.29, 0.717) is 12.5 Å². The van der Waals surface area contributed by atoms with Crippen molar-refractivity contribution in [2.24, 2.45) is 7.05 Å². The Hall–Kier alpha value is -2.34. The van der Waals surface area contributed by atoms with Crippen LogP contribution in [0.1, 0.15) is 24.0 Å². The van der Waals surface area contributed by atoms with Gasteiger partial charge in [-0.3, -0.25) is 9.48 Å². The molecule has 0 spiro atoms. The molecule has 1 N–H and O–H groups in total. The highest BCUT2D eigenvalue weighted by Gasteiger charge is 2.23. The molecule has 6 heteroatoms. The van der Waals surface area contributed by atoms with Crippen molar-refractivity contribution in [3.05, 3.63) is 47.8 Å². The number of hydrogen-bond donors (Lipinski definition) is 1. The van der Waals surface area contributed by atoms with Gasteiger partial charge in [0.2, 0.25) is 5.91 Å². The standard InChI is InChI=1S/C19H26N4O2/c1-22-14-15(13-21-22)12-20-17-7-9-23(10-8-17)19(24)11-16-5-3-4-6-18(16)25-2/h3-6,13-14,17,20H,7-12H2,1-2H3. The molecular weight excluding hydrogens is 316 g/mol. The SMILES string of the molecule is COc1ccccc1CC(=O)N1CCC(NCc2cnn(C)c2)CC1. The number of ether oxygens (including phenoxy) is 1. The summed E-state index contributed by atoms with van der Waals surface area (Å²) in [6.45, 7) is 2.44. The number of likely N-dealkylation sites (tertiary alicyclic amines) is 1. The van der Waals surface area contributed by atoms with Crippen molar-refractivity contribution in [1.82, 2.24) is 20.0 Å². The quantitative estimate of drug-likeness (QED) is 0.869. The number of methoxy groups -OCH3 is 1. The lowest BCUT2D eigenvalue weighted by Gasteiger charge is -2.32. The number of carbonyl (C=O) groups is 1. The molecule has 2 aromatic rings. The van der Waals surface area contributed by atoms with Gasteiger partial charge in [-0.25, -0.2) is 0 Å². The summed E-state index contributed by atoms with van der Waals surface area (Å²) in [5.41, 5.74) is 2.14. The van der Waals surface area contributed by atoms with Crippen LogP contribution in [0.15, 0.2) is 36.7 Å². The van der Waals surface area contributed by atoms with Gasteiger partial charge in [-0.2, -0.15) is 5.10 Å². The van der Waals surface area contributed by atoms with Gasteiger partial charge in [-0.15, -0.1) is 0 Å². The van der Waals surface area contributed by atoms with Crippen molar-refractivity contribution in [2.45, 2.75) is 31.8 Å². The first kappa shape index (κ1) is 17.5. The number of piperidine rings is 1. The lowest BCUT2D eigenvalue weighted by atomic mass is 10.0. The molecule has 1 amide bonds. The molecule has 0 bridgehead atoms. The Bertz CT molecular complexity index is 705. The van der Waals surface area contributed by atoms with Crippen molar-refractivity contribution in [1.29, 1.82) is 0 Å². The highest BCUT2D eigenvalue weighted by molar-refractivity contribution is 5.79. The number of para-hydroxylation sites is 1. The lowest BCUT2D eigenvalue weighted by Crippen LogP contribution is -2.45. The van der Waals surface area contributed by atoms with E-state index in [-0.39, 0.29) is 5.91 Å². The highest BCUT2D eigenvalue weighted by Crippen LogP contribution is 2.20. The van der Waals surface area contributed by atoms with Crippen molar-refractivity contribution in [2.75, 3.05) is 20.2 Å². The molecule has 0 atom stereocenters. The van der Waals surface area contributed by atoms with Gasteiger partial charge in [-0.05, 0) is 18.9 Å². The number of nitrogens with zero attached hydrogens (tertiary/aromatic N) is 3. The maximum atomic E-state index is 12.6. The Kier molecular flexibility index (Phi) is 5.71. The molecule has 1 aliphatic heterocycles. The Morgan fingerprint density at radius 2 is 2.08 bits per heavy atom. The van der Waals surface area contributed by atoms with Crippen LogP contribution in [-0.4, -0.2) is 46.8 Å². The van der Waals surface area contributed by atoms with Crippen LogP contribution in [0.4, 0.5) is 0 Å². The number of rotatable bonds is 6. The van der Waals surface area contributed by atoms with E-state index in [2.05, 4.69) is 10.4 Å². The number of hydrogen-bond acceptors (Lipinski definition) is 4. The third-order valence-electron chi connectivity index (χ3n) is 4.74. The molecular formula is C19H26N4O2. The van der Waals surface area contributed by atoms with Crippen LogP contribution in [-0.2, 0) is 24.8 Å². The van der Waals surface area contributed by atoms with Crippen LogP contribution in [0.25, 0.3) is 0 Å². The Morgan fingerprint density at radius 3 is 2.76 bits per heavy atom. The van der Waals surface area contributed by atoms with Gasteiger partial charge in [0.15, 0.2) is 0 Å². The number of aryl methyl sites for hydroxylation is 1. The summed E-state index contributed by atoms with van der Waals surface area (Å²) in [7, 11) is 3.57. The smallest absolute Gasteiger partial charge is 0.227 e. The summed E-state index contributed by atoms with van der Waals surface area (Å²) in [6, 6.07) is 8.18. The molecule has 1 saturated heterocycles. The van der Waals surface area contributed by atoms with Crippen LogP contribution in [0.2, 0.25) is 0 Å². The van der Waals surface area contributed by atoms with E-state index in [1.54, 1.807) is 7.11 Å². The third-order valence-corrected chi connectivity index (χ3v) is 4.74. The largest absolute Gasteiger partial charge is 0.496 e. The van der Waals surface area contributed by atoms with Gasteiger partial charge in [-0.1, -0.05) is 18.2 Å². The number of amides is 1. The Balaban J connectivity index is 1.46. The van der Waals surface area contributed by atoms with Crippen molar-refractivity contribution in [3.8, 4) is 5.75 Å². The molecule has 1 aromatic carbocycles. The summed E-state index contributed by atoms with van der Waals surface area (Å²) < 4.78 is 7.15. The van der Waals surface area contributed by atoms with Gasteiger partial charge in [0, 0.05) is 50.0 Å². The van der Waals surface area contributed by atoms with Gasteiger partial charge >= 0.3 is 0 Å². The predicted molar refractivity (Wildman–Crippen MR) is 96.3 cm³/mol. The molecule has 0 saturated carbocycles. The fraction of sp³-hybridized carbons (Fsp3) is 0.474. The molecule has 0 aliphatic carbocycles. The summed E-state index contributed by atoms with van der Waals surface area (Å²) >= 11 is 0. The van der Waals surface area contributed by atoms with E-state index in [0.717, 1.165) is 43.8 Å². The van der Waals surface area contributed by atoms with Crippen LogP contribution in [0.3, 0.4) is 0 Å². The minimum Gasteiger partial charge on any atom is -0.496 e. The molecule has 6 nitrogen and oxygen atoms in total. The average Bonchev–Trinajstić information content (AvgIpc) is 3.06. The molecule has 0 unspecified atom stereocenters.